The number of halogens is 2. The minimum absolute atomic E-state index is 0.0410. The van der Waals surface area contributed by atoms with E-state index in [0.717, 1.165) is 32.4 Å². The van der Waals surface area contributed by atoms with Gasteiger partial charge >= 0.3 is 0 Å². The Hall–Kier alpha value is -0.330. The fourth-order valence-electron chi connectivity index (χ4n) is 3.32. The van der Waals surface area contributed by atoms with Crippen LogP contribution in [-0.2, 0) is 10.0 Å². The maximum Gasteiger partial charge on any atom is 0.246 e. The van der Waals surface area contributed by atoms with Gasteiger partial charge in [-0.25, -0.2) is 8.42 Å². The van der Waals surface area contributed by atoms with Gasteiger partial charge in [0.25, 0.3) is 0 Å². The molecule has 2 aliphatic heterocycles. The van der Waals surface area contributed by atoms with Crippen LogP contribution in [0.5, 0.6) is 0 Å². The first-order valence-electron chi connectivity index (χ1n) is 7.10. The van der Waals surface area contributed by atoms with E-state index in [2.05, 4.69) is 5.32 Å². The smallest absolute Gasteiger partial charge is 0.246 e. The molecule has 1 N–H and O–H groups in total. The minimum atomic E-state index is -3.63. The van der Waals surface area contributed by atoms with Gasteiger partial charge in [0.2, 0.25) is 10.0 Å². The number of nitrogens with zero attached hydrogens (tertiary/aromatic N) is 1. The van der Waals surface area contributed by atoms with Crippen molar-refractivity contribution in [2.75, 3.05) is 26.2 Å². The third kappa shape index (κ3) is 2.82. The number of hydrogen-bond donors (Lipinski definition) is 1. The van der Waals surface area contributed by atoms with E-state index in [4.69, 9.17) is 23.2 Å². The Balaban J connectivity index is 1.90. The molecule has 0 aliphatic carbocycles. The fraction of sp³-hybridized carbons (Fsp3) is 0.571. The molecule has 0 radical (unpaired) electrons. The van der Waals surface area contributed by atoms with Crippen LogP contribution in [0.2, 0.25) is 10.0 Å². The summed E-state index contributed by atoms with van der Waals surface area (Å²) in [5.41, 5.74) is 0.117. The quantitative estimate of drug-likeness (QED) is 0.893. The average Bonchev–Trinajstić information content (AvgIpc) is 2.84. The number of rotatable bonds is 2. The molecule has 0 saturated carbocycles. The van der Waals surface area contributed by atoms with Crippen LogP contribution in [0.25, 0.3) is 0 Å². The molecule has 116 valence electrons. The SMILES string of the molecule is O=S(=O)(c1c(Cl)cccc1Cl)N1CCC2(CCNCC2)C1. The molecule has 2 saturated heterocycles. The number of piperidine rings is 1. The topological polar surface area (TPSA) is 49.4 Å². The maximum atomic E-state index is 12.8. The molecular formula is C14H18Cl2N2O2S. The Labute approximate surface area is 135 Å². The van der Waals surface area contributed by atoms with Crippen LogP contribution in [0.15, 0.2) is 23.1 Å². The summed E-state index contributed by atoms with van der Waals surface area (Å²) in [6, 6.07) is 4.79. The second-order valence-corrected chi connectivity index (χ2v) is 8.58. The predicted octanol–water partition coefficient (Wildman–Crippen LogP) is 2.76. The molecule has 4 nitrogen and oxygen atoms in total. The molecule has 0 atom stereocenters. The van der Waals surface area contributed by atoms with Crippen LogP contribution in [0.4, 0.5) is 0 Å². The zero-order valence-corrected chi connectivity index (χ0v) is 13.9. The molecule has 0 amide bonds. The number of benzene rings is 1. The molecule has 3 rings (SSSR count). The molecule has 21 heavy (non-hydrogen) atoms. The van der Waals surface area contributed by atoms with Crippen molar-refractivity contribution in [3.05, 3.63) is 28.2 Å². The molecule has 0 aromatic heterocycles. The van der Waals surface area contributed by atoms with Gasteiger partial charge < -0.3 is 5.32 Å². The summed E-state index contributed by atoms with van der Waals surface area (Å²) in [6.45, 7) is 3.03. The third-order valence-electron chi connectivity index (χ3n) is 4.58. The Morgan fingerprint density at radius 1 is 1.10 bits per heavy atom. The van der Waals surface area contributed by atoms with E-state index in [0.29, 0.717) is 13.1 Å². The van der Waals surface area contributed by atoms with Crippen LogP contribution in [-0.4, -0.2) is 38.9 Å². The molecular weight excluding hydrogens is 331 g/mol. The minimum Gasteiger partial charge on any atom is -0.317 e. The van der Waals surface area contributed by atoms with Crippen molar-refractivity contribution in [1.82, 2.24) is 9.62 Å². The number of nitrogens with one attached hydrogen (secondary N) is 1. The monoisotopic (exact) mass is 348 g/mol. The normalized spacial score (nSPS) is 22.8. The Kier molecular flexibility index (Phi) is 4.23. The van der Waals surface area contributed by atoms with Gasteiger partial charge in [-0.2, -0.15) is 4.31 Å². The summed E-state index contributed by atoms with van der Waals surface area (Å²) < 4.78 is 27.2. The molecule has 1 aromatic rings. The maximum absolute atomic E-state index is 12.8. The van der Waals surface area contributed by atoms with Gasteiger partial charge in [-0.15, -0.1) is 0 Å². The van der Waals surface area contributed by atoms with Gasteiger partial charge in [-0.1, -0.05) is 29.3 Å². The van der Waals surface area contributed by atoms with Crippen molar-refractivity contribution in [3.63, 3.8) is 0 Å². The molecule has 1 spiro atoms. The first kappa shape index (κ1) is 15.6. The van der Waals surface area contributed by atoms with Gasteiger partial charge in [-0.3, -0.25) is 0 Å². The van der Waals surface area contributed by atoms with Gasteiger partial charge in [0, 0.05) is 13.1 Å². The molecule has 1 aromatic carbocycles. The van der Waals surface area contributed by atoms with Crippen molar-refractivity contribution >= 4 is 33.2 Å². The molecule has 2 heterocycles. The van der Waals surface area contributed by atoms with E-state index in [-0.39, 0.29) is 20.4 Å². The van der Waals surface area contributed by atoms with Crippen molar-refractivity contribution in [3.8, 4) is 0 Å². The van der Waals surface area contributed by atoms with Gasteiger partial charge in [0.15, 0.2) is 0 Å². The summed E-state index contributed by atoms with van der Waals surface area (Å²) >= 11 is 12.1. The highest BCUT2D eigenvalue weighted by Crippen LogP contribution is 2.42. The Morgan fingerprint density at radius 3 is 2.33 bits per heavy atom. The highest BCUT2D eigenvalue weighted by atomic mass is 35.5. The van der Waals surface area contributed by atoms with E-state index in [1.165, 1.54) is 0 Å². The van der Waals surface area contributed by atoms with Crippen molar-refractivity contribution < 1.29 is 8.42 Å². The van der Waals surface area contributed by atoms with Crippen molar-refractivity contribution in [2.45, 2.75) is 24.2 Å². The largest absolute Gasteiger partial charge is 0.317 e. The zero-order chi connectivity index (χ0) is 15.1. The van der Waals surface area contributed by atoms with E-state index in [1.54, 1.807) is 22.5 Å². The molecule has 7 heteroatoms. The van der Waals surface area contributed by atoms with Crippen LogP contribution < -0.4 is 5.32 Å². The summed E-state index contributed by atoms with van der Waals surface area (Å²) in [6.07, 6.45) is 2.96. The summed E-state index contributed by atoms with van der Waals surface area (Å²) in [4.78, 5) is 0.0410. The highest BCUT2D eigenvalue weighted by Gasteiger charge is 2.44. The van der Waals surface area contributed by atoms with Crippen LogP contribution >= 0.6 is 23.2 Å². The van der Waals surface area contributed by atoms with Crippen LogP contribution in [0.3, 0.4) is 0 Å². The highest BCUT2D eigenvalue weighted by molar-refractivity contribution is 7.89. The lowest BCUT2D eigenvalue weighted by molar-refractivity contribution is 0.218. The molecule has 0 unspecified atom stereocenters. The Bertz CT molecular complexity index is 622. The fourth-order valence-corrected chi connectivity index (χ4v) is 5.97. The zero-order valence-electron chi connectivity index (χ0n) is 11.6. The molecule has 0 bridgehead atoms. The second kappa shape index (κ2) is 5.70. The number of sulfonamides is 1. The standard InChI is InChI=1S/C14H18Cl2N2O2S/c15-11-2-1-3-12(16)13(11)21(19,20)18-9-6-14(10-18)4-7-17-8-5-14/h1-3,17H,4-10H2. The summed E-state index contributed by atoms with van der Waals surface area (Å²) in [5.74, 6) is 0. The van der Waals surface area contributed by atoms with Crippen molar-refractivity contribution in [1.29, 1.82) is 0 Å². The first-order valence-corrected chi connectivity index (χ1v) is 9.29. The van der Waals surface area contributed by atoms with E-state index in [1.807, 2.05) is 0 Å². The summed E-state index contributed by atoms with van der Waals surface area (Å²) in [5, 5.41) is 3.71. The predicted molar refractivity (Wildman–Crippen MR) is 84.4 cm³/mol. The van der Waals surface area contributed by atoms with Crippen molar-refractivity contribution in [2.24, 2.45) is 5.41 Å². The summed E-state index contributed by atoms with van der Waals surface area (Å²) in [7, 11) is -3.63. The molecule has 2 fully saturated rings. The van der Waals surface area contributed by atoms with Gasteiger partial charge in [0.05, 0.1) is 10.0 Å². The number of hydrogen-bond acceptors (Lipinski definition) is 3. The van der Waals surface area contributed by atoms with Gasteiger partial charge in [-0.05, 0) is 49.9 Å². The van der Waals surface area contributed by atoms with Gasteiger partial charge in [0.1, 0.15) is 4.90 Å². The average molecular weight is 349 g/mol. The first-order chi connectivity index (χ1) is 9.95. The van der Waals surface area contributed by atoms with E-state index < -0.39 is 10.0 Å². The lowest BCUT2D eigenvalue weighted by Crippen LogP contribution is -2.39. The van der Waals surface area contributed by atoms with Crippen LogP contribution in [0.1, 0.15) is 19.3 Å². The second-order valence-electron chi connectivity index (χ2n) is 5.89. The van der Waals surface area contributed by atoms with Crippen LogP contribution in [0, 0.1) is 5.41 Å². The lowest BCUT2D eigenvalue weighted by Gasteiger charge is -2.33. The molecule has 2 aliphatic rings. The lowest BCUT2D eigenvalue weighted by atomic mass is 9.78. The van der Waals surface area contributed by atoms with E-state index >= 15 is 0 Å². The third-order valence-corrected chi connectivity index (χ3v) is 7.39. The Morgan fingerprint density at radius 2 is 1.71 bits per heavy atom. The van der Waals surface area contributed by atoms with E-state index in [9.17, 15) is 8.42 Å².